The van der Waals surface area contributed by atoms with E-state index in [0.29, 0.717) is 6.54 Å². The van der Waals surface area contributed by atoms with Gasteiger partial charge < -0.3 is 11.1 Å². The Hall–Kier alpha value is -1.87. The Bertz CT molecular complexity index is 510. The number of aryl methyl sites for hydroxylation is 1. The molecule has 0 aliphatic rings. The SMILES string of the molecule is Cc1cccnc1NC(C)(CN)c1ccccc1. The van der Waals surface area contributed by atoms with Crippen LogP contribution in [0, 0.1) is 6.92 Å². The van der Waals surface area contributed by atoms with Crippen molar-refractivity contribution in [3.05, 3.63) is 59.8 Å². The van der Waals surface area contributed by atoms with Gasteiger partial charge in [-0.2, -0.15) is 0 Å². The van der Waals surface area contributed by atoms with Crippen LogP contribution in [0.4, 0.5) is 5.82 Å². The third-order valence-electron chi connectivity index (χ3n) is 3.22. The van der Waals surface area contributed by atoms with Gasteiger partial charge in [-0.1, -0.05) is 36.4 Å². The van der Waals surface area contributed by atoms with Gasteiger partial charge in [0.15, 0.2) is 0 Å². The molecule has 0 aliphatic carbocycles. The molecule has 1 heterocycles. The largest absolute Gasteiger partial charge is 0.359 e. The fraction of sp³-hybridized carbons (Fsp3) is 0.267. The molecule has 0 fully saturated rings. The summed E-state index contributed by atoms with van der Waals surface area (Å²) in [5, 5.41) is 3.45. The van der Waals surface area contributed by atoms with E-state index in [1.54, 1.807) is 6.20 Å². The highest BCUT2D eigenvalue weighted by Crippen LogP contribution is 2.25. The van der Waals surface area contributed by atoms with Crippen LogP contribution in [-0.4, -0.2) is 11.5 Å². The fourth-order valence-electron chi connectivity index (χ4n) is 1.92. The van der Waals surface area contributed by atoms with Gasteiger partial charge in [0.05, 0.1) is 5.54 Å². The van der Waals surface area contributed by atoms with Gasteiger partial charge in [-0.15, -0.1) is 0 Å². The number of nitrogens with two attached hydrogens (primary N) is 1. The Kier molecular flexibility index (Phi) is 3.63. The maximum Gasteiger partial charge on any atom is 0.129 e. The van der Waals surface area contributed by atoms with Crippen LogP contribution in [0.5, 0.6) is 0 Å². The second kappa shape index (κ2) is 5.19. The summed E-state index contributed by atoms with van der Waals surface area (Å²) < 4.78 is 0. The van der Waals surface area contributed by atoms with E-state index in [4.69, 9.17) is 5.73 Å². The number of pyridine rings is 1. The van der Waals surface area contributed by atoms with Crippen molar-refractivity contribution in [1.82, 2.24) is 4.98 Å². The summed E-state index contributed by atoms with van der Waals surface area (Å²) in [6, 6.07) is 14.2. The second-order valence-electron chi connectivity index (χ2n) is 4.70. The minimum absolute atomic E-state index is 0.305. The third-order valence-corrected chi connectivity index (χ3v) is 3.22. The summed E-state index contributed by atoms with van der Waals surface area (Å²) in [5.41, 5.74) is 7.92. The lowest BCUT2D eigenvalue weighted by molar-refractivity contribution is 0.553. The van der Waals surface area contributed by atoms with Crippen LogP contribution in [0.1, 0.15) is 18.1 Å². The molecule has 1 aromatic carbocycles. The molecule has 3 nitrogen and oxygen atoms in total. The summed E-state index contributed by atoms with van der Waals surface area (Å²) in [6.07, 6.45) is 1.79. The van der Waals surface area contributed by atoms with Crippen molar-refractivity contribution in [2.24, 2.45) is 5.73 Å². The molecule has 2 rings (SSSR count). The molecule has 0 spiro atoms. The van der Waals surface area contributed by atoms with E-state index in [1.807, 2.05) is 37.3 Å². The molecule has 18 heavy (non-hydrogen) atoms. The van der Waals surface area contributed by atoms with Gasteiger partial charge in [0, 0.05) is 12.7 Å². The van der Waals surface area contributed by atoms with E-state index < -0.39 is 0 Å². The Labute approximate surface area is 108 Å². The maximum atomic E-state index is 5.95. The van der Waals surface area contributed by atoms with Crippen LogP contribution >= 0.6 is 0 Å². The van der Waals surface area contributed by atoms with E-state index in [2.05, 4.69) is 29.4 Å². The molecule has 0 radical (unpaired) electrons. The second-order valence-corrected chi connectivity index (χ2v) is 4.70. The van der Waals surface area contributed by atoms with Crippen molar-refractivity contribution in [3.8, 4) is 0 Å². The highest BCUT2D eigenvalue weighted by molar-refractivity contribution is 5.47. The smallest absolute Gasteiger partial charge is 0.129 e. The molecular weight excluding hydrogens is 222 g/mol. The standard InChI is InChI=1S/C15H19N3/c1-12-7-6-10-17-14(12)18-15(2,11-16)13-8-4-3-5-9-13/h3-10H,11,16H2,1-2H3,(H,17,18). The van der Waals surface area contributed by atoms with Crippen LogP contribution in [0.2, 0.25) is 0 Å². The number of anilines is 1. The number of nitrogens with one attached hydrogen (secondary N) is 1. The van der Waals surface area contributed by atoms with Gasteiger partial charge in [0.2, 0.25) is 0 Å². The molecule has 1 unspecified atom stereocenters. The van der Waals surface area contributed by atoms with Crippen molar-refractivity contribution in [2.45, 2.75) is 19.4 Å². The molecule has 3 heteroatoms. The number of nitrogens with zero attached hydrogens (tertiary/aromatic N) is 1. The van der Waals surface area contributed by atoms with Crippen molar-refractivity contribution in [2.75, 3.05) is 11.9 Å². The van der Waals surface area contributed by atoms with Gasteiger partial charge in [-0.05, 0) is 31.0 Å². The Morgan fingerprint density at radius 2 is 1.89 bits per heavy atom. The highest BCUT2D eigenvalue weighted by Gasteiger charge is 2.25. The normalized spacial score (nSPS) is 13.9. The number of hydrogen-bond donors (Lipinski definition) is 2. The topological polar surface area (TPSA) is 50.9 Å². The lowest BCUT2D eigenvalue weighted by Gasteiger charge is -2.31. The first-order valence-electron chi connectivity index (χ1n) is 6.11. The zero-order valence-corrected chi connectivity index (χ0v) is 10.9. The first-order chi connectivity index (χ1) is 8.65. The van der Waals surface area contributed by atoms with E-state index in [9.17, 15) is 0 Å². The minimum atomic E-state index is -0.305. The highest BCUT2D eigenvalue weighted by atomic mass is 15.1. The average Bonchev–Trinajstić information content (AvgIpc) is 2.42. The molecule has 94 valence electrons. The number of aromatic nitrogens is 1. The number of hydrogen-bond acceptors (Lipinski definition) is 3. The average molecular weight is 241 g/mol. The van der Waals surface area contributed by atoms with Gasteiger partial charge in [0.25, 0.3) is 0 Å². The van der Waals surface area contributed by atoms with Gasteiger partial charge in [0.1, 0.15) is 5.82 Å². The maximum absolute atomic E-state index is 5.95. The molecule has 1 atom stereocenters. The molecule has 1 aromatic heterocycles. The van der Waals surface area contributed by atoms with Crippen molar-refractivity contribution < 1.29 is 0 Å². The van der Waals surface area contributed by atoms with Crippen LogP contribution < -0.4 is 11.1 Å². The van der Waals surface area contributed by atoms with E-state index >= 15 is 0 Å². The summed E-state index contributed by atoms with van der Waals surface area (Å²) >= 11 is 0. The predicted octanol–water partition coefficient (Wildman–Crippen LogP) is 2.68. The molecular formula is C15H19N3. The zero-order valence-electron chi connectivity index (χ0n) is 10.9. The zero-order chi connectivity index (χ0) is 13.0. The van der Waals surface area contributed by atoms with Crippen LogP contribution in [0.3, 0.4) is 0 Å². The third kappa shape index (κ3) is 2.51. The molecule has 0 aliphatic heterocycles. The first kappa shape index (κ1) is 12.6. The van der Waals surface area contributed by atoms with Crippen molar-refractivity contribution >= 4 is 5.82 Å². The minimum Gasteiger partial charge on any atom is -0.359 e. The molecule has 0 amide bonds. The summed E-state index contributed by atoms with van der Waals surface area (Å²) in [5.74, 6) is 0.884. The molecule has 0 saturated heterocycles. The van der Waals surface area contributed by atoms with Crippen molar-refractivity contribution in [1.29, 1.82) is 0 Å². The predicted molar refractivity (Wildman–Crippen MR) is 75.4 cm³/mol. The van der Waals surface area contributed by atoms with Gasteiger partial charge in [-0.3, -0.25) is 0 Å². The monoisotopic (exact) mass is 241 g/mol. The lowest BCUT2D eigenvalue weighted by atomic mass is 9.92. The summed E-state index contributed by atoms with van der Waals surface area (Å²) in [7, 11) is 0. The molecule has 0 saturated carbocycles. The van der Waals surface area contributed by atoms with E-state index in [0.717, 1.165) is 16.9 Å². The summed E-state index contributed by atoms with van der Waals surface area (Å²) in [6.45, 7) is 4.64. The Balaban J connectivity index is 2.32. The fourth-order valence-corrected chi connectivity index (χ4v) is 1.92. The Morgan fingerprint density at radius 1 is 1.17 bits per heavy atom. The Morgan fingerprint density at radius 3 is 2.50 bits per heavy atom. The van der Waals surface area contributed by atoms with E-state index in [-0.39, 0.29) is 5.54 Å². The molecule has 2 aromatic rings. The van der Waals surface area contributed by atoms with Gasteiger partial charge >= 0.3 is 0 Å². The quantitative estimate of drug-likeness (QED) is 0.865. The van der Waals surface area contributed by atoms with Crippen molar-refractivity contribution in [3.63, 3.8) is 0 Å². The van der Waals surface area contributed by atoms with Crippen LogP contribution in [-0.2, 0) is 5.54 Å². The van der Waals surface area contributed by atoms with Crippen LogP contribution in [0.15, 0.2) is 48.7 Å². The molecule has 0 bridgehead atoms. The number of benzene rings is 1. The molecule has 3 N–H and O–H groups in total. The number of rotatable bonds is 4. The first-order valence-corrected chi connectivity index (χ1v) is 6.11. The summed E-state index contributed by atoms with van der Waals surface area (Å²) in [4.78, 5) is 4.37. The van der Waals surface area contributed by atoms with Gasteiger partial charge in [-0.25, -0.2) is 4.98 Å². The lowest BCUT2D eigenvalue weighted by Crippen LogP contribution is -2.40. The van der Waals surface area contributed by atoms with E-state index in [1.165, 1.54) is 0 Å². The van der Waals surface area contributed by atoms with Crippen LogP contribution in [0.25, 0.3) is 0 Å².